The number of aromatic nitrogens is 1. The van der Waals surface area contributed by atoms with E-state index < -0.39 is 21.4 Å². The second-order valence-corrected chi connectivity index (χ2v) is 10.5. The molecule has 6 rings (SSSR count). The molecule has 0 N–H and O–H groups in total. The summed E-state index contributed by atoms with van der Waals surface area (Å²) in [4.78, 5) is 41.8. The quantitative estimate of drug-likeness (QED) is 0.251. The molecule has 11 nitrogen and oxygen atoms in total. The minimum Gasteiger partial charge on any atom is -0.493 e. The summed E-state index contributed by atoms with van der Waals surface area (Å²) in [6, 6.07) is 16.3. The van der Waals surface area contributed by atoms with Gasteiger partial charge in [0.15, 0.2) is 16.3 Å². The van der Waals surface area contributed by atoms with Crippen molar-refractivity contribution in [2.45, 2.75) is 18.9 Å². The zero-order chi connectivity index (χ0) is 28.8. The molecule has 0 bridgehead atoms. The fourth-order valence-electron chi connectivity index (χ4n) is 5.43. The van der Waals surface area contributed by atoms with E-state index in [2.05, 4.69) is 0 Å². The smallest absolute Gasteiger partial charge is 0.280 e. The lowest BCUT2D eigenvalue weighted by atomic mass is 9.83. The maximum Gasteiger partial charge on any atom is 0.280 e. The van der Waals surface area contributed by atoms with Crippen LogP contribution >= 0.6 is 11.3 Å². The number of methoxy groups -OCH3 is 2. The fourth-order valence-corrected chi connectivity index (χ4v) is 6.42. The van der Waals surface area contributed by atoms with Gasteiger partial charge < -0.3 is 9.47 Å². The van der Waals surface area contributed by atoms with E-state index in [1.54, 1.807) is 12.1 Å². The number of thiazole rings is 1. The summed E-state index contributed by atoms with van der Waals surface area (Å²) in [6.07, 6.45) is 2.80. The SMILES string of the molecule is COc1cc(/C=c2/sc3n(c2=O)[C@@H](c2cccc([N+](=O)[O-])c2)C2=C(N=3)c3ccccc3CC2)c([N+](=O)[O-])cc1OC. The van der Waals surface area contributed by atoms with Crippen molar-refractivity contribution in [2.24, 2.45) is 4.99 Å². The summed E-state index contributed by atoms with van der Waals surface area (Å²) >= 11 is 1.11. The van der Waals surface area contributed by atoms with E-state index in [9.17, 15) is 25.0 Å². The summed E-state index contributed by atoms with van der Waals surface area (Å²) < 4.78 is 12.3. The zero-order valence-corrected chi connectivity index (χ0v) is 22.7. The number of nitro groups is 2. The Labute approximate surface area is 236 Å². The highest BCUT2D eigenvalue weighted by Crippen LogP contribution is 2.42. The van der Waals surface area contributed by atoms with Crippen molar-refractivity contribution in [1.82, 2.24) is 4.57 Å². The van der Waals surface area contributed by atoms with Gasteiger partial charge in [0.1, 0.15) is 0 Å². The highest BCUT2D eigenvalue weighted by Gasteiger charge is 2.33. The maximum absolute atomic E-state index is 14.0. The predicted molar refractivity (Wildman–Crippen MR) is 152 cm³/mol. The number of aryl methyl sites for hydroxylation is 1. The normalized spacial score (nSPS) is 15.9. The minimum atomic E-state index is -0.628. The first-order chi connectivity index (χ1) is 19.8. The lowest BCUT2D eigenvalue weighted by molar-refractivity contribution is -0.385. The number of fused-ring (bicyclic) bond motifs is 3. The summed E-state index contributed by atoms with van der Waals surface area (Å²) in [5, 5.41) is 23.5. The van der Waals surface area contributed by atoms with Crippen molar-refractivity contribution < 1.29 is 19.3 Å². The fraction of sp³-hybridized carbons (Fsp3) is 0.172. The second-order valence-electron chi connectivity index (χ2n) is 9.49. The maximum atomic E-state index is 14.0. The Morgan fingerprint density at radius 1 is 0.976 bits per heavy atom. The third kappa shape index (κ3) is 4.38. The van der Waals surface area contributed by atoms with Crippen molar-refractivity contribution in [1.29, 1.82) is 0 Å². The number of hydrogen-bond donors (Lipinski definition) is 0. The number of nitro benzene ring substituents is 2. The van der Waals surface area contributed by atoms with Gasteiger partial charge in [-0.3, -0.25) is 29.6 Å². The number of non-ortho nitro benzene ring substituents is 1. The monoisotopic (exact) mass is 570 g/mol. The molecule has 2 heterocycles. The minimum absolute atomic E-state index is 0.0825. The molecule has 1 aliphatic heterocycles. The van der Waals surface area contributed by atoms with Crippen LogP contribution < -0.4 is 24.4 Å². The predicted octanol–water partition coefficient (Wildman–Crippen LogP) is 4.15. The van der Waals surface area contributed by atoms with Gasteiger partial charge in [-0.2, -0.15) is 0 Å². The van der Waals surface area contributed by atoms with Crippen molar-refractivity contribution in [2.75, 3.05) is 14.2 Å². The molecule has 4 aromatic rings. The van der Waals surface area contributed by atoms with Gasteiger partial charge in [0, 0.05) is 17.7 Å². The second kappa shape index (κ2) is 10.1. The third-order valence-electron chi connectivity index (χ3n) is 7.29. The number of rotatable bonds is 6. The first-order valence-electron chi connectivity index (χ1n) is 12.6. The molecule has 2 aliphatic rings. The number of allylic oxidation sites excluding steroid dienone is 1. The molecule has 0 radical (unpaired) electrons. The Hall–Kier alpha value is -5.10. The molecule has 3 aromatic carbocycles. The van der Waals surface area contributed by atoms with Gasteiger partial charge in [-0.1, -0.05) is 47.7 Å². The van der Waals surface area contributed by atoms with E-state index >= 15 is 0 Å². The van der Waals surface area contributed by atoms with Crippen LogP contribution in [0.2, 0.25) is 0 Å². The Balaban J connectivity index is 1.63. The van der Waals surface area contributed by atoms with Gasteiger partial charge in [-0.25, -0.2) is 4.99 Å². The molecule has 0 spiro atoms. The Morgan fingerprint density at radius 2 is 1.73 bits per heavy atom. The first-order valence-corrected chi connectivity index (χ1v) is 13.4. The first kappa shape index (κ1) is 26.1. The van der Waals surface area contributed by atoms with Crippen molar-refractivity contribution in [3.63, 3.8) is 0 Å². The summed E-state index contributed by atoms with van der Waals surface area (Å²) in [5.41, 5.74) is 3.74. The Morgan fingerprint density at radius 3 is 2.46 bits per heavy atom. The van der Waals surface area contributed by atoms with Crippen LogP contribution in [-0.4, -0.2) is 28.6 Å². The van der Waals surface area contributed by atoms with E-state index in [0.717, 1.165) is 40.2 Å². The van der Waals surface area contributed by atoms with Gasteiger partial charge in [-0.15, -0.1) is 0 Å². The Bertz CT molecular complexity index is 1980. The van der Waals surface area contributed by atoms with Crippen molar-refractivity contribution >= 4 is 34.5 Å². The Kier molecular flexibility index (Phi) is 6.46. The zero-order valence-electron chi connectivity index (χ0n) is 21.9. The molecule has 1 aliphatic carbocycles. The molecule has 1 atom stereocenters. The van der Waals surface area contributed by atoms with E-state index in [0.29, 0.717) is 16.8 Å². The molecule has 0 saturated carbocycles. The molecule has 0 amide bonds. The largest absolute Gasteiger partial charge is 0.493 e. The van der Waals surface area contributed by atoms with Crippen LogP contribution in [0.3, 0.4) is 0 Å². The summed E-state index contributed by atoms with van der Waals surface area (Å²) in [7, 11) is 2.80. The van der Waals surface area contributed by atoms with Crippen LogP contribution in [0.1, 0.15) is 34.7 Å². The highest BCUT2D eigenvalue weighted by atomic mass is 32.1. The lowest BCUT2D eigenvalue weighted by Gasteiger charge is -2.30. The van der Waals surface area contributed by atoms with Crippen LogP contribution in [0.25, 0.3) is 11.8 Å². The van der Waals surface area contributed by atoms with E-state index in [4.69, 9.17) is 14.5 Å². The topological polar surface area (TPSA) is 139 Å². The molecule has 206 valence electrons. The number of nitrogens with zero attached hydrogens (tertiary/aromatic N) is 4. The van der Waals surface area contributed by atoms with Gasteiger partial charge in [0.2, 0.25) is 0 Å². The number of ether oxygens (including phenoxy) is 2. The third-order valence-corrected chi connectivity index (χ3v) is 8.27. The summed E-state index contributed by atoms with van der Waals surface area (Å²) in [5.74, 6) is 0.466. The molecule has 12 heteroatoms. The van der Waals surface area contributed by atoms with Crippen LogP contribution in [-0.2, 0) is 6.42 Å². The molecular formula is C29H22N4O7S. The van der Waals surface area contributed by atoms with Crippen molar-refractivity contribution in [3.05, 3.63) is 128 Å². The van der Waals surface area contributed by atoms with Crippen LogP contribution in [0.15, 0.2) is 76.0 Å². The number of benzene rings is 3. The molecule has 0 fully saturated rings. The van der Waals surface area contributed by atoms with Gasteiger partial charge in [0.05, 0.1) is 52.0 Å². The van der Waals surface area contributed by atoms with Gasteiger partial charge >= 0.3 is 0 Å². The standard InChI is InChI=1S/C29H22N4O7S/c1-39-23-13-18(22(33(37)38)15-24(23)40-2)14-25-28(34)31-27(17-7-5-8-19(12-17)32(35)36)21-11-10-16-6-3-4-9-20(16)26(21)30-29(31)41-25/h3-9,12-15,27H,10-11H2,1-2H3/b25-14+/t27-/m0/s1. The van der Waals surface area contributed by atoms with E-state index in [1.165, 1.54) is 49.1 Å². The summed E-state index contributed by atoms with van der Waals surface area (Å²) in [6.45, 7) is 0. The highest BCUT2D eigenvalue weighted by molar-refractivity contribution is 7.07. The van der Waals surface area contributed by atoms with E-state index in [1.807, 2.05) is 24.3 Å². The van der Waals surface area contributed by atoms with Crippen LogP contribution in [0, 0.1) is 20.2 Å². The van der Waals surface area contributed by atoms with E-state index in [-0.39, 0.29) is 33.0 Å². The van der Waals surface area contributed by atoms with Crippen molar-refractivity contribution in [3.8, 4) is 11.5 Å². The molecule has 1 aromatic heterocycles. The average Bonchev–Trinajstić information content (AvgIpc) is 3.29. The van der Waals surface area contributed by atoms with Gasteiger partial charge in [-0.05, 0) is 41.7 Å². The van der Waals surface area contributed by atoms with Crippen LogP contribution in [0.4, 0.5) is 11.4 Å². The number of hydrogen-bond acceptors (Lipinski definition) is 9. The lowest BCUT2D eigenvalue weighted by Crippen LogP contribution is -2.38. The molecular weight excluding hydrogens is 548 g/mol. The van der Waals surface area contributed by atoms with Crippen LogP contribution in [0.5, 0.6) is 11.5 Å². The molecule has 0 saturated heterocycles. The molecule has 41 heavy (non-hydrogen) atoms. The van der Waals surface area contributed by atoms with Gasteiger partial charge in [0.25, 0.3) is 16.9 Å². The average molecular weight is 571 g/mol. The molecule has 0 unspecified atom stereocenters.